The van der Waals surface area contributed by atoms with Gasteiger partial charge in [0.05, 0.1) is 24.8 Å². The minimum Gasteiger partial charge on any atom is -0.493 e. The molecule has 0 amide bonds. The van der Waals surface area contributed by atoms with Crippen LogP contribution < -0.4 is 14.2 Å². The smallest absolute Gasteiger partial charge is 0.205 e. The van der Waals surface area contributed by atoms with Crippen LogP contribution in [-0.2, 0) is 12.8 Å². The molecule has 0 fully saturated rings. The summed E-state index contributed by atoms with van der Waals surface area (Å²) in [4.78, 5) is 0. The third kappa shape index (κ3) is 2.94. The molecule has 1 aliphatic carbocycles. The van der Waals surface area contributed by atoms with E-state index < -0.39 is 5.92 Å². The molecule has 4 rings (SSSR count). The molecule has 0 aromatic heterocycles. The van der Waals surface area contributed by atoms with Gasteiger partial charge >= 0.3 is 0 Å². The van der Waals surface area contributed by atoms with Gasteiger partial charge in [-0.1, -0.05) is 12.1 Å². The third-order valence-electron chi connectivity index (χ3n) is 5.63. The molecule has 5 nitrogen and oxygen atoms in total. The highest BCUT2D eigenvalue weighted by atomic mass is 79.9. The van der Waals surface area contributed by atoms with E-state index in [-0.39, 0.29) is 11.8 Å². The van der Waals surface area contributed by atoms with Gasteiger partial charge in [0.15, 0.2) is 11.5 Å². The SMILES string of the molecule is COc1cc(C2c3ccc4c(c3OC(=N)C2C#N)CCCC4)cc(Br)c1OC. The van der Waals surface area contributed by atoms with Gasteiger partial charge in [-0.3, -0.25) is 5.41 Å². The summed E-state index contributed by atoms with van der Waals surface area (Å²) < 4.78 is 17.6. The minimum atomic E-state index is -0.695. The Morgan fingerprint density at radius 3 is 2.68 bits per heavy atom. The van der Waals surface area contributed by atoms with E-state index in [2.05, 4.69) is 34.1 Å². The number of nitrogens with one attached hydrogen (secondary N) is 1. The van der Waals surface area contributed by atoms with E-state index in [4.69, 9.17) is 19.6 Å². The van der Waals surface area contributed by atoms with Gasteiger partial charge in [0, 0.05) is 11.5 Å². The first kappa shape index (κ1) is 18.8. The number of benzene rings is 2. The summed E-state index contributed by atoms with van der Waals surface area (Å²) in [6.45, 7) is 0. The fourth-order valence-corrected chi connectivity index (χ4v) is 4.93. The molecule has 1 aliphatic heterocycles. The van der Waals surface area contributed by atoms with E-state index in [1.165, 1.54) is 17.5 Å². The Morgan fingerprint density at radius 1 is 1.18 bits per heavy atom. The van der Waals surface area contributed by atoms with E-state index in [9.17, 15) is 5.26 Å². The van der Waals surface area contributed by atoms with Crippen molar-refractivity contribution in [3.63, 3.8) is 0 Å². The van der Waals surface area contributed by atoms with Gasteiger partial charge in [-0.05, 0) is 70.4 Å². The fourth-order valence-electron chi connectivity index (χ4n) is 4.30. The number of hydrogen-bond acceptors (Lipinski definition) is 5. The molecule has 2 aliphatic rings. The Bertz CT molecular complexity index is 996. The lowest BCUT2D eigenvalue weighted by molar-refractivity contribution is 0.352. The molecule has 2 unspecified atom stereocenters. The van der Waals surface area contributed by atoms with Crippen molar-refractivity contribution in [2.45, 2.75) is 31.6 Å². The van der Waals surface area contributed by atoms with Gasteiger partial charge in [-0.25, -0.2) is 0 Å². The van der Waals surface area contributed by atoms with Crippen LogP contribution in [0.15, 0.2) is 28.7 Å². The topological polar surface area (TPSA) is 75.3 Å². The van der Waals surface area contributed by atoms with Gasteiger partial charge in [-0.15, -0.1) is 0 Å². The number of nitrogens with zero attached hydrogens (tertiary/aromatic N) is 1. The van der Waals surface area contributed by atoms with E-state index in [1.807, 2.05) is 12.1 Å². The molecule has 2 atom stereocenters. The molecular formula is C22H21BrN2O3. The normalized spacial score (nSPS) is 20.4. The Labute approximate surface area is 172 Å². The lowest BCUT2D eigenvalue weighted by Crippen LogP contribution is -2.32. The van der Waals surface area contributed by atoms with Crippen LogP contribution in [-0.4, -0.2) is 20.1 Å². The van der Waals surface area contributed by atoms with Gasteiger partial charge in [0.2, 0.25) is 5.90 Å². The van der Waals surface area contributed by atoms with Gasteiger partial charge in [0.1, 0.15) is 11.7 Å². The number of methoxy groups -OCH3 is 2. The first-order valence-corrected chi connectivity index (χ1v) is 10.1. The number of nitriles is 1. The molecule has 0 saturated carbocycles. The van der Waals surface area contributed by atoms with Crippen molar-refractivity contribution < 1.29 is 14.2 Å². The molecule has 28 heavy (non-hydrogen) atoms. The first-order valence-electron chi connectivity index (χ1n) is 9.31. The second kappa shape index (κ2) is 7.48. The Hall–Kier alpha value is -2.52. The largest absolute Gasteiger partial charge is 0.493 e. The standard InChI is InChI=1S/C22H21BrN2O3/c1-26-18-10-13(9-17(23)21(18)27-2)19-15-8-7-12-5-3-4-6-14(12)20(15)28-22(25)16(19)11-24/h7-10,16,19,25H,3-6H2,1-2H3. The number of halogens is 1. The van der Waals surface area contributed by atoms with Gasteiger partial charge < -0.3 is 14.2 Å². The quantitative estimate of drug-likeness (QED) is 0.729. The van der Waals surface area contributed by atoms with Gasteiger partial charge in [-0.2, -0.15) is 5.26 Å². The van der Waals surface area contributed by atoms with Crippen LogP contribution >= 0.6 is 15.9 Å². The van der Waals surface area contributed by atoms with Crippen molar-refractivity contribution in [3.05, 3.63) is 51.0 Å². The highest BCUT2D eigenvalue weighted by molar-refractivity contribution is 9.10. The van der Waals surface area contributed by atoms with Gasteiger partial charge in [0.25, 0.3) is 0 Å². The summed E-state index contributed by atoms with van der Waals surface area (Å²) in [5, 5.41) is 18.2. The lowest BCUT2D eigenvalue weighted by atomic mass is 9.76. The summed E-state index contributed by atoms with van der Waals surface area (Å²) in [7, 11) is 3.18. The monoisotopic (exact) mass is 440 g/mol. The number of fused-ring (bicyclic) bond motifs is 3. The highest BCUT2D eigenvalue weighted by Crippen LogP contribution is 2.48. The van der Waals surface area contributed by atoms with Crippen molar-refractivity contribution in [1.82, 2.24) is 0 Å². The molecule has 1 N–H and O–H groups in total. The average molecular weight is 441 g/mol. The molecule has 144 valence electrons. The molecule has 2 aromatic carbocycles. The maximum atomic E-state index is 9.82. The van der Waals surface area contributed by atoms with Crippen molar-refractivity contribution >= 4 is 21.8 Å². The van der Waals surface area contributed by atoms with Crippen molar-refractivity contribution in [2.75, 3.05) is 14.2 Å². The zero-order valence-electron chi connectivity index (χ0n) is 15.8. The van der Waals surface area contributed by atoms with Crippen LogP contribution in [0.1, 0.15) is 41.0 Å². The summed E-state index contributed by atoms with van der Waals surface area (Å²) in [5.41, 5.74) is 4.33. The second-order valence-electron chi connectivity index (χ2n) is 7.12. The second-order valence-corrected chi connectivity index (χ2v) is 7.97. The van der Waals surface area contributed by atoms with E-state index in [0.717, 1.165) is 40.6 Å². The van der Waals surface area contributed by atoms with Crippen molar-refractivity contribution in [2.24, 2.45) is 5.92 Å². The van der Waals surface area contributed by atoms with Crippen LogP contribution in [0.3, 0.4) is 0 Å². The maximum absolute atomic E-state index is 9.82. The summed E-state index contributed by atoms with van der Waals surface area (Å²) in [6.07, 6.45) is 4.28. The predicted octanol–water partition coefficient (Wildman–Crippen LogP) is 4.99. The summed E-state index contributed by atoms with van der Waals surface area (Å²) in [6, 6.07) is 10.3. The van der Waals surface area contributed by atoms with Crippen molar-refractivity contribution in [1.29, 1.82) is 10.7 Å². The fraction of sp³-hybridized carbons (Fsp3) is 0.364. The van der Waals surface area contributed by atoms with Crippen LogP contribution in [0.25, 0.3) is 0 Å². The lowest BCUT2D eigenvalue weighted by Gasteiger charge is -2.33. The predicted molar refractivity (Wildman–Crippen MR) is 110 cm³/mol. The Balaban J connectivity index is 1.93. The molecule has 0 spiro atoms. The number of ether oxygens (including phenoxy) is 3. The Morgan fingerprint density at radius 2 is 1.96 bits per heavy atom. The minimum absolute atomic E-state index is 0.00452. The molecule has 0 bridgehead atoms. The maximum Gasteiger partial charge on any atom is 0.205 e. The number of rotatable bonds is 3. The van der Waals surface area contributed by atoms with Crippen molar-refractivity contribution in [3.8, 4) is 23.3 Å². The summed E-state index contributed by atoms with van der Waals surface area (Å²) in [5.74, 6) is 0.965. The Kier molecular flexibility index (Phi) is 5.03. The molecule has 1 heterocycles. The first-order chi connectivity index (χ1) is 13.6. The van der Waals surface area contributed by atoms with Crippen LogP contribution in [0.2, 0.25) is 0 Å². The highest BCUT2D eigenvalue weighted by Gasteiger charge is 2.39. The summed E-state index contributed by atoms with van der Waals surface area (Å²) >= 11 is 3.55. The van der Waals surface area contributed by atoms with Crippen LogP contribution in [0.4, 0.5) is 0 Å². The molecule has 0 radical (unpaired) electrons. The molecular weight excluding hydrogens is 420 g/mol. The average Bonchev–Trinajstić information content (AvgIpc) is 2.72. The van der Waals surface area contributed by atoms with E-state index in [1.54, 1.807) is 14.2 Å². The third-order valence-corrected chi connectivity index (χ3v) is 6.22. The van der Waals surface area contributed by atoms with E-state index in [0.29, 0.717) is 11.5 Å². The zero-order valence-corrected chi connectivity index (χ0v) is 17.4. The van der Waals surface area contributed by atoms with Crippen LogP contribution in [0, 0.1) is 22.7 Å². The van der Waals surface area contributed by atoms with E-state index >= 15 is 0 Å². The molecule has 0 saturated heterocycles. The number of aryl methyl sites for hydroxylation is 1. The molecule has 6 heteroatoms. The van der Waals surface area contributed by atoms with Crippen LogP contribution in [0.5, 0.6) is 17.2 Å². The number of hydrogen-bond donors (Lipinski definition) is 1. The zero-order chi connectivity index (χ0) is 19.8. The molecule has 2 aromatic rings.